The molecule has 0 unspecified atom stereocenters. The van der Waals surface area contributed by atoms with Crippen LogP contribution < -0.4 is 0 Å². The smallest absolute Gasteiger partial charge is 0.165 e. The Kier molecular flexibility index (Phi) is 7.19. The van der Waals surface area contributed by atoms with Crippen molar-refractivity contribution in [2.75, 3.05) is 12.4 Å². The summed E-state index contributed by atoms with van der Waals surface area (Å²) in [4.78, 5) is 0. The monoisotopic (exact) mass is 398 g/mol. The highest BCUT2D eigenvalue weighted by molar-refractivity contribution is 7.92. The summed E-state index contributed by atoms with van der Waals surface area (Å²) in [6, 6.07) is 4.13. The lowest BCUT2D eigenvalue weighted by atomic mass is 9.93. The van der Waals surface area contributed by atoms with E-state index in [-0.39, 0.29) is 5.75 Å². The number of rotatable bonds is 8. The summed E-state index contributed by atoms with van der Waals surface area (Å²) in [5.41, 5.74) is 2.70. The number of phenolic OH excluding ortho intramolecular Hbond substituents is 1. The molecule has 27 heavy (non-hydrogen) atoms. The van der Waals surface area contributed by atoms with Crippen LogP contribution in [0, 0.1) is 5.82 Å². The molecule has 0 bridgehead atoms. The third-order valence-corrected chi connectivity index (χ3v) is 7.07. The van der Waals surface area contributed by atoms with Crippen LogP contribution in [-0.4, -0.2) is 47.5 Å². The molecule has 2 atom stereocenters. The zero-order valence-corrected chi connectivity index (χ0v) is 16.5. The average molecular weight is 398 g/mol. The largest absolute Gasteiger partial charge is 0.505 e. The van der Waals surface area contributed by atoms with E-state index in [1.807, 2.05) is 13.8 Å². The number of phenols is 1. The fourth-order valence-electron chi connectivity index (χ4n) is 3.49. The van der Waals surface area contributed by atoms with Gasteiger partial charge in [-0.3, -0.25) is 0 Å². The number of aliphatic hydroxyl groups excluding tert-OH is 2. The van der Waals surface area contributed by atoms with Crippen molar-refractivity contribution in [1.29, 1.82) is 0 Å². The Balaban J connectivity index is 2.15. The third-order valence-electron chi connectivity index (χ3n) is 5.05. The molecule has 0 amide bonds. The Morgan fingerprint density at radius 3 is 2.63 bits per heavy atom. The summed E-state index contributed by atoms with van der Waals surface area (Å²) >= 11 is 0. The van der Waals surface area contributed by atoms with Gasteiger partial charge < -0.3 is 15.3 Å². The second-order valence-corrected chi connectivity index (χ2v) is 9.00. The van der Waals surface area contributed by atoms with Crippen LogP contribution in [0.5, 0.6) is 5.75 Å². The maximum Gasteiger partial charge on any atom is 0.165 e. The van der Waals surface area contributed by atoms with Gasteiger partial charge in [0, 0.05) is 0 Å². The second kappa shape index (κ2) is 8.99. The lowest BCUT2D eigenvalue weighted by molar-refractivity contribution is 0.188. The Bertz CT molecular complexity index is 842. The first kappa shape index (κ1) is 21.6. The summed E-state index contributed by atoms with van der Waals surface area (Å²) in [6.07, 6.45) is 2.91. The molecule has 5 nitrogen and oxygen atoms in total. The standard InChI is InChI=1S/C20H27FO5S/c1-3-13(9-14-6-7-17(23)16(21)10-14)5-8-18(24)20-15(4-2)12-27(25,26)19(20)11-22/h6-7,9-10,18-19,22-24H,3-5,8,11-12H2,1-2H3/b13-9+/t18-,19+/m1/s1. The Labute approximate surface area is 159 Å². The van der Waals surface area contributed by atoms with Gasteiger partial charge in [0.2, 0.25) is 0 Å². The molecule has 1 aromatic carbocycles. The number of halogens is 1. The van der Waals surface area contributed by atoms with Crippen molar-refractivity contribution >= 4 is 15.9 Å². The van der Waals surface area contributed by atoms with Crippen LogP contribution in [0.1, 0.15) is 45.1 Å². The van der Waals surface area contributed by atoms with Crippen LogP contribution in [0.2, 0.25) is 0 Å². The molecule has 0 aliphatic carbocycles. The summed E-state index contributed by atoms with van der Waals surface area (Å²) < 4.78 is 37.9. The normalized spacial score (nSPS) is 20.9. The van der Waals surface area contributed by atoms with Crippen LogP contribution in [0.15, 0.2) is 34.9 Å². The topological polar surface area (TPSA) is 94.8 Å². The zero-order chi connectivity index (χ0) is 20.2. The minimum atomic E-state index is -3.46. The number of sulfone groups is 1. The highest BCUT2D eigenvalue weighted by Crippen LogP contribution is 2.33. The molecule has 3 N–H and O–H groups in total. The number of hydrogen-bond acceptors (Lipinski definition) is 5. The van der Waals surface area contributed by atoms with Crippen LogP contribution in [0.25, 0.3) is 6.08 Å². The van der Waals surface area contributed by atoms with Crippen molar-refractivity contribution in [2.24, 2.45) is 0 Å². The minimum Gasteiger partial charge on any atom is -0.505 e. The summed E-state index contributed by atoms with van der Waals surface area (Å²) in [5, 5.41) is 28.4. The Morgan fingerprint density at radius 2 is 2.07 bits per heavy atom. The van der Waals surface area contributed by atoms with E-state index in [2.05, 4.69) is 0 Å². The molecule has 1 aliphatic rings. The van der Waals surface area contributed by atoms with Gasteiger partial charge in [-0.05, 0) is 49.0 Å². The molecule has 0 radical (unpaired) electrons. The van der Waals surface area contributed by atoms with Gasteiger partial charge in [0.1, 0.15) is 5.25 Å². The van der Waals surface area contributed by atoms with E-state index < -0.39 is 39.4 Å². The maximum atomic E-state index is 13.5. The van der Waals surface area contributed by atoms with Crippen molar-refractivity contribution in [3.63, 3.8) is 0 Å². The highest BCUT2D eigenvalue weighted by atomic mass is 32.2. The lowest BCUT2D eigenvalue weighted by Gasteiger charge is -2.19. The zero-order valence-electron chi connectivity index (χ0n) is 15.7. The quantitative estimate of drug-likeness (QED) is 0.585. The first-order valence-corrected chi connectivity index (χ1v) is 10.8. The predicted molar refractivity (Wildman–Crippen MR) is 104 cm³/mol. The van der Waals surface area contributed by atoms with Crippen LogP contribution in [0.3, 0.4) is 0 Å². The van der Waals surface area contributed by atoms with E-state index in [0.717, 1.165) is 5.57 Å². The van der Waals surface area contributed by atoms with E-state index in [1.54, 1.807) is 12.1 Å². The summed E-state index contributed by atoms with van der Waals surface area (Å²) in [5.74, 6) is -1.21. The molecule has 1 heterocycles. The van der Waals surface area contributed by atoms with Crippen molar-refractivity contribution < 1.29 is 28.1 Å². The van der Waals surface area contributed by atoms with Gasteiger partial charge in [0.05, 0.1) is 18.5 Å². The van der Waals surface area contributed by atoms with Crippen LogP contribution >= 0.6 is 0 Å². The SMILES string of the molecule is CCC1=C([C@H](O)CC/C(=C/c2ccc(O)c(F)c2)CC)[C@H](CO)S(=O)(=O)C1. The number of allylic oxidation sites excluding steroid dienone is 1. The van der Waals surface area contributed by atoms with Gasteiger partial charge >= 0.3 is 0 Å². The number of hydrogen-bond donors (Lipinski definition) is 3. The maximum absolute atomic E-state index is 13.5. The summed E-state index contributed by atoms with van der Waals surface area (Å²) in [6.45, 7) is 3.26. The molecular formula is C20H27FO5S. The molecular weight excluding hydrogens is 371 g/mol. The fraction of sp³-hybridized carbons (Fsp3) is 0.500. The van der Waals surface area contributed by atoms with E-state index in [1.165, 1.54) is 12.1 Å². The highest BCUT2D eigenvalue weighted by Gasteiger charge is 2.40. The van der Waals surface area contributed by atoms with Gasteiger partial charge in [-0.25, -0.2) is 12.8 Å². The van der Waals surface area contributed by atoms with E-state index in [0.29, 0.717) is 42.4 Å². The molecule has 0 spiro atoms. The van der Waals surface area contributed by atoms with E-state index in [4.69, 9.17) is 0 Å². The Hall–Kier alpha value is -1.70. The summed E-state index contributed by atoms with van der Waals surface area (Å²) in [7, 11) is -3.46. The first-order chi connectivity index (χ1) is 12.7. The van der Waals surface area contributed by atoms with Crippen LogP contribution in [-0.2, 0) is 9.84 Å². The lowest BCUT2D eigenvalue weighted by Crippen LogP contribution is -2.29. The molecule has 1 aliphatic heterocycles. The molecule has 1 aromatic rings. The average Bonchev–Trinajstić information content (AvgIpc) is 2.90. The predicted octanol–water partition coefficient (Wildman–Crippen LogP) is 2.96. The van der Waals surface area contributed by atoms with Gasteiger partial charge in [0.15, 0.2) is 21.4 Å². The third kappa shape index (κ3) is 4.97. The molecule has 2 rings (SSSR count). The minimum absolute atomic E-state index is 0.107. The fourth-order valence-corrected chi connectivity index (χ4v) is 5.49. The molecule has 0 saturated heterocycles. The first-order valence-electron chi connectivity index (χ1n) is 9.13. The number of aromatic hydroxyl groups is 1. The second-order valence-electron chi connectivity index (χ2n) is 6.81. The van der Waals surface area contributed by atoms with Crippen molar-refractivity contribution in [2.45, 2.75) is 50.9 Å². The molecule has 0 saturated carbocycles. The number of benzene rings is 1. The van der Waals surface area contributed by atoms with Gasteiger partial charge in [-0.15, -0.1) is 0 Å². The van der Waals surface area contributed by atoms with E-state index >= 15 is 0 Å². The number of aliphatic hydroxyl groups is 2. The van der Waals surface area contributed by atoms with Crippen molar-refractivity contribution in [3.05, 3.63) is 46.3 Å². The van der Waals surface area contributed by atoms with Crippen molar-refractivity contribution in [3.8, 4) is 5.75 Å². The Morgan fingerprint density at radius 1 is 1.37 bits per heavy atom. The van der Waals surface area contributed by atoms with Crippen molar-refractivity contribution in [1.82, 2.24) is 0 Å². The molecule has 7 heteroatoms. The van der Waals surface area contributed by atoms with Gasteiger partial charge in [-0.1, -0.05) is 37.1 Å². The van der Waals surface area contributed by atoms with Gasteiger partial charge in [0.25, 0.3) is 0 Å². The molecule has 0 fully saturated rings. The molecule has 0 aromatic heterocycles. The molecule has 150 valence electrons. The van der Waals surface area contributed by atoms with E-state index in [9.17, 15) is 28.1 Å². The van der Waals surface area contributed by atoms with Gasteiger partial charge in [-0.2, -0.15) is 0 Å². The van der Waals surface area contributed by atoms with Crippen LogP contribution in [0.4, 0.5) is 4.39 Å².